The van der Waals surface area contributed by atoms with Gasteiger partial charge in [0.1, 0.15) is 5.75 Å². The highest BCUT2D eigenvalue weighted by atomic mass is 35.5. The molecule has 1 rings (SSSR count). The molecule has 1 atom stereocenters. The van der Waals surface area contributed by atoms with Crippen LogP contribution < -0.4 is 4.52 Å². The molecule has 0 bridgehead atoms. The van der Waals surface area contributed by atoms with Crippen molar-refractivity contribution in [3.63, 3.8) is 0 Å². The van der Waals surface area contributed by atoms with Crippen molar-refractivity contribution in [1.29, 1.82) is 0 Å². The first-order chi connectivity index (χ1) is 8.04. The molecule has 102 valence electrons. The van der Waals surface area contributed by atoms with Crippen LogP contribution in [0.2, 0.25) is 5.02 Å². The summed E-state index contributed by atoms with van der Waals surface area (Å²) in [6.45, 7) is 6.20. The summed E-state index contributed by atoms with van der Waals surface area (Å²) >= 11 is 6.07. The van der Waals surface area contributed by atoms with E-state index in [9.17, 15) is 9.46 Å². The average Bonchev–Trinajstić information content (AvgIpc) is 2.19. The molecule has 0 amide bonds. The van der Waals surface area contributed by atoms with Gasteiger partial charge in [0.15, 0.2) is 0 Å². The summed E-state index contributed by atoms with van der Waals surface area (Å²) in [5.41, 5.74) is 1.00. The number of hydrogen-bond donors (Lipinski definition) is 1. The molecule has 0 aliphatic carbocycles. The minimum Gasteiger partial charge on any atom is -0.412 e. The van der Waals surface area contributed by atoms with E-state index in [0.29, 0.717) is 5.02 Å². The van der Waals surface area contributed by atoms with Crippen LogP contribution in [0.1, 0.15) is 26.3 Å². The van der Waals surface area contributed by atoms with Gasteiger partial charge in [-0.25, -0.2) is 9.24 Å². The molecule has 0 fully saturated rings. The van der Waals surface area contributed by atoms with E-state index in [2.05, 4.69) is 20.8 Å². The van der Waals surface area contributed by atoms with Crippen LogP contribution in [0.25, 0.3) is 0 Å². The smallest absolute Gasteiger partial charge is 0.412 e. The SMILES string of the molecule is CN(C)P(=O)(O)Oc1ccc(C(C)(C)C)cc1Cl. The maximum atomic E-state index is 11.7. The van der Waals surface area contributed by atoms with E-state index in [0.717, 1.165) is 10.2 Å². The van der Waals surface area contributed by atoms with Gasteiger partial charge < -0.3 is 9.42 Å². The zero-order valence-electron chi connectivity index (χ0n) is 11.3. The molecule has 0 aromatic heterocycles. The summed E-state index contributed by atoms with van der Waals surface area (Å²) < 4.78 is 17.9. The molecule has 1 aromatic rings. The maximum Gasteiger partial charge on any atom is 0.458 e. The average molecular weight is 292 g/mol. The van der Waals surface area contributed by atoms with Gasteiger partial charge in [0, 0.05) is 0 Å². The highest BCUT2D eigenvalue weighted by Gasteiger charge is 2.26. The van der Waals surface area contributed by atoms with Crippen molar-refractivity contribution in [3.8, 4) is 5.75 Å². The van der Waals surface area contributed by atoms with Gasteiger partial charge in [0.2, 0.25) is 0 Å². The monoisotopic (exact) mass is 291 g/mol. The van der Waals surface area contributed by atoms with Gasteiger partial charge in [-0.3, -0.25) is 0 Å². The Bertz CT molecular complexity index is 483. The summed E-state index contributed by atoms with van der Waals surface area (Å²) in [6.07, 6.45) is 0. The van der Waals surface area contributed by atoms with Crippen LogP contribution in [-0.2, 0) is 9.98 Å². The summed E-state index contributed by atoms with van der Waals surface area (Å²) in [6, 6.07) is 5.22. The molecule has 1 aromatic carbocycles. The fourth-order valence-corrected chi connectivity index (χ4v) is 2.10. The minimum absolute atomic E-state index is 0.0351. The Kier molecular flexibility index (Phi) is 4.50. The van der Waals surface area contributed by atoms with Gasteiger partial charge in [0.05, 0.1) is 5.02 Å². The van der Waals surface area contributed by atoms with Crippen molar-refractivity contribution in [2.24, 2.45) is 0 Å². The van der Waals surface area contributed by atoms with Crippen molar-refractivity contribution in [2.45, 2.75) is 26.2 Å². The Morgan fingerprint density at radius 1 is 1.33 bits per heavy atom. The Balaban J connectivity index is 3.05. The third-order valence-electron chi connectivity index (χ3n) is 2.52. The topological polar surface area (TPSA) is 49.8 Å². The zero-order chi connectivity index (χ0) is 14.1. The molecule has 0 radical (unpaired) electrons. The van der Waals surface area contributed by atoms with Crippen molar-refractivity contribution >= 4 is 19.3 Å². The van der Waals surface area contributed by atoms with E-state index >= 15 is 0 Å². The highest BCUT2D eigenvalue weighted by Crippen LogP contribution is 2.46. The molecule has 1 unspecified atom stereocenters. The number of nitrogens with zero attached hydrogens (tertiary/aromatic N) is 1. The Labute approximate surface area is 113 Å². The van der Waals surface area contributed by atoms with Gasteiger partial charge >= 0.3 is 7.75 Å². The van der Waals surface area contributed by atoms with E-state index in [1.165, 1.54) is 14.1 Å². The molecule has 1 N–H and O–H groups in total. The van der Waals surface area contributed by atoms with Crippen molar-refractivity contribution in [3.05, 3.63) is 28.8 Å². The van der Waals surface area contributed by atoms with E-state index in [1.807, 2.05) is 6.07 Å². The molecule has 6 heteroatoms. The molecule has 4 nitrogen and oxygen atoms in total. The molecule has 0 aliphatic heterocycles. The van der Waals surface area contributed by atoms with Gasteiger partial charge in [-0.1, -0.05) is 38.4 Å². The lowest BCUT2D eigenvalue weighted by Gasteiger charge is -2.22. The first-order valence-electron chi connectivity index (χ1n) is 5.54. The lowest BCUT2D eigenvalue weighted by Crippen LogP contribution is -2.13. The number of hydrogen-bond acceptors (Lipinski definition) is 2. The van der Waals surface area contributed by atoms with E-state index < -0.39 is 7.75 Å². The van der Waals surface area contributed by atoms with Gasteiger partial charge in [-0.05, 0) is 37.2 Å². The predicted molar refractivity (Wildman–Crippen MR) is 74.3 cm³/mol. The molecular weight excluding hydrogens is 273 g/mol. The summed E-state index contributed by atoms with van der Waals surface area (Å²) in [5.74, 6) is 0.212. The van der Waals surface area contributed by atoms with Crippen LogP contribution in [-0.4, -0.2) is 23.7 Å². The number of benzene rings is 1. The van der Waals surface area contributed by atoms with Crippen LogP contribution in [0, 0.1) is 0 Å². The third-order valence-corrected chi connectivity index (χ3v) is 4.26. The molecule has 18 heavy (non-hydrogen) atoms. The lowest BCUT2D eigenvalue weighted by molar-refractivity contribution is 0.318. The Hall–Kier alpha value is -0.540. The standard InChI is InChI=1S/C12H19ClNO3P/c1-12(2,3)9-6-7-11(10(13)8-9)17-18(15,16)14(4)5/h6-8H,1-5H3,(H,15,16). The first-order valence-corrected chi connectivity index (χ1v) is 7.45. The summed E-state index contributed by atoms with van der Waals surface area (Å²) in [5, 5.41) is 0.332. The molecule has 0 spiro atoms. The number of halogens is 1. The fourth-order valence-electron chi connectivity index (χ4n) is 1.25. The van der Waals surface area contributed by atoms with Crippen molar-refractivity contribution in [2.75, 3.05) is 14.1 Å². The van der Waals surface area contributed by atoms with E-state index in [-0.39, 0.29) is 11.2 Å². The van der Waals surface area contributed by atoms with Crippen molar-refractivity contribution in [1.82, 2.24) is 4.67 Å². The van der Waals surface area contributed by atoms with Crippen LogP contribution in [0.5, 0.6) is 5.75 Å². The second kappa shape index (κ2) is 5.22. The van der Waals surface area contributed by atoms with E-state index in [1.54, 1.807) is 12.1 Å². The molecule has 0 saturated carbocycles. The normalized spacial score (nSPS) is 15.6. The van der Waals surface area contributed by atoms with Crippen LogP contribution >= 0.6 is 19.3 Å². The molecule has 0 saturated heterocycles. The van der Waals surface area contributed by atoms with Crippen LogP contribution in [0.4, 0.5) is 0 Å². The predicted octanol–water partition coefficient (Wildman–Crippen LogP) is 3.68. The van der Waals surface area contributed by atoms with E-state index in [4.69, 9.17) is 16.1 Å². The molecule has 0 heterocycles. The molecular formula is C12H19ClNO3P. The second-order valence-electron chi connectivity index (χ2n) is 5.32. The summed E-state index contributed by atoms with van der Waals surface area (Å²) in [7, 11) is -0.879. The largest absolute Gasteiger partial charge is 0.458 e. The Morgan fingerprint density at radius 2 is 1.89 bits per heavy atom. The fraction of sp³-hybridized carbons (Fsp3) is 0.500. The quantitative estimate of drug-likeness (QED) is 0.863. The van der Waals surface area contributed by atoms with Gasteiger partial charge in [-0.2, -0.15) is 0 Å². The van der Waals surface area contributed by atoms with Gasteiger partial charge in [0.25, 0.3) is 0 Å². The van der Waals surface area contributed by atoms with Gasteiger partial charge in [-0.15, -0.1) is 0 Å². The lowest BCUT2D eigenvalue weighted by atomic mass is 9.87. The van der Waals surface area contributed by atoms with Crippen molar-refractivity contribution < 1.29 is 14.0 Å². The number of rotatable bonds is 3. The van der Waals surface area contributed by atoms with Crippen LogP contribution in [0.3, 0.4) is 0 Å². The minimum atomic E-state index is -3.82. The Morgan fingerprint density at radius 3 is 2.28 bits per heavy atom. The summed E-state index contributed by atoms with van der Waals surface area (Å²) in [4.78, 5) is 9.60. The first kappa shape index (κ1) is 15.5. The second-order valence-corrected chi connectivity index (χ2v) is 7.70. The highest BCUT2D eigenvalue weighted by molar-refractivity contribution is 7.50. The zero-order valence-corrected chi connectivity index (χ0v) is 12.9. The third kappa shape index (κ3) is 3.72. The van der Waals surface area contributed by atoms with Crippen LogP contribution in [0.15, 0.2) is 18.2 Å². The maximum absolute atomic E-state index is 11.7. The molecule has 0 aliphatic rings.